The molecule has 1 saturated carbocycles. The Hall–Kier alpha value is -2.37. The molecule has 1 unspecified atom stereocenters. The Morgan fingerprint density at radius 2 is 2.12 bits per heavy atom. The van der Waals surface area contributed by atoms with E-state index >= 15 is 0 Å². The first-order chi connectivity index (χ1) is 11.7. The summed E-state index contributed by atoms with van der Waals surface area (Å²) in [4.78, 5) is 19.0. The molecule has 2 fully saturated rings. The van der Waals surface area contributed by atoms with Crippen LogP contribution in [0.4, 0.5) is 0 Å². The number of ether oxygens (including phenoxy) is 1. The van der Waals surface area contributed by atoms with Gasteiger partial charge < -0.3 is 14.2 Å². The largest absolute Gasteiger partial charge is 0.496 e. The highest BCUT2D eigenvalue weighted by atomic mass is 16.5. The molecule has 6 heteroatoms. The third kappa shape index (κ3) is 2.77. The number of hydrogen-bond acceptors (Lipinski definition) is 5. The quantitative estimate of drug-likeness (QED) is 0.863. The van der Waals surface area contributed by atoms with E-state index in [4.69, 9.17) is 9.26 Å². The highest BCUT2D eigenvalue weighted by molar-refractivity contribution is 5.95. The number of methoxy groups -OCH3 is 1. The fourth-order valence-corrected chi connectivity index (χ4v) is 3.39. The van der Waals surface area contributed by atoms with E-state index in [0.29, 0.717) is 24.2 Å². The highest BCUT2D eigenvalue weighted by Crippen LogP contribution is 2.44. The van der Waals surface area contributed by atoms with E-state index in [0.717, 1.165) is 29.8 Å². The maximum Gasteiger partial charge on any atom is 0.253 e. The molecular formula is C18H21N3O3. The summed E-state index contributed by atoms with van der Waals surface area (Å²) in [5.41, 5.74) is 1.90. The first-order valence-corrected chi connectivity index (χ1v) is 8.43. The molecule has 2 aliphatic rings. The molecule has 2 heterocycles. The van der Waals surface area contributed by atoms with E-state index in [1.165, 1.54) is 12.8 Å². The maximum absolute atomic E-state index is 12.8. The molecule has 1 aromatic carbocycles. The molecule has 0 radical (unpaired) electrons. The monoisotopic (exact) mass is 327 g/mol. The van der Waals surface area contributed by atoms with Crippen LogP contribution >= 0.6 is 0 Å². The lowest BCUT2D eigenvalue weighted by atomic mass is 10.0. The van der Waals surface area contributed by atoms with Crippen LogP contribution in [0.15, 0.2) is 22.7 Å². The number of nitrogens with zero attached hydrogens (tertiary/aromatic N) is 3. The molecular weight excluding hydrogens is 306 g/mol. The van der Waals surface area contributed by atoms with Crippen LogP contribution in [0, 0.1) is 6.92 Å². The van der Waals surface area contributed by atoms with Gasteiger partial charge in [-0.2, -0.15) is 4.98 Å². The Morgan fingerprint density at radius 3 is 2.79 bits per heavy atom. The van der Waals surface area contributed by atoms with E-state index in [1.807, 2.05) is 30.0 Å². The van der Waals surface area contributed by atoms with Gasteiger partial charge in [-0.25, -0.2) is 0 Å². The van der Waals surface area contributed by atoms with Crippen molar-refractivity contribution >= 4 is 5.91 Å². The van der Waals surface area contributed by atoms with Gasteiger partial charge in [0.05, 0.1) is 13.0 Å². The zero-order valence-electron chi connectivity index (χ0n) is 14.0. The van der Waals surface area contributed by atoms with E-state index in [9.17, 15) is 4.79 Å². The van der Waals surface area contributed by atoms with Crippen molar-refractivity contribution in [3.63, 3.8) is 0 Å². The van der Waals surface area contributed by atoms with E-state index in [-0.39, 0.29) is 11.8 Å². The number of aromatic nitrogens is 2. The van der Waals surface area contributed by atoms with Crippen LogP contribution in [0.25, 0.3) is 0 Å². The van der Waals surface area contributed by atoms with Crippen LogP contribution in [-0.2, 0) is 0 Å². The fraction of sp³-hybridized carbons (Fsp3) is 0.500. The van der Waals surface area contributed by atoms with E-state index in [2.05, 4.69) is 10.1 Å². The summed E-state index contributed by atoms with van der Waals surface area (Å²) in [5.74, 6) is 2.90. The van der Waals surface area contributed by atoms with Gasteiger partial charge in [0.2, 0.25) is 5.89 Å². The molecule has 1 saturated heterocycles. The lowest BCUT2D eigenvalue weighted by molar-refractivity contribution is 0.0789. The van der Waals surface area contributed by atoms with Gasteiger partial charge in [0.15, 0.2) is 5.82 Å². The SMILES string of the molecule is COc1ccc(C(=O)N2CCC(c3nc(C)no3)C2)cc1C1CC1. The minimum absolute atomic E-state index is 0.0679. The Balaban J connectivity index is 1.51. The number of benzene rings is 1. The van der Waals surface area contributed by atoms with Gasteiger partial charge in [-0.05, 0) is 55.9 Å². The minimum atomic E-state index is 0.0679. The third-order valence-electron chi connectivity index (χ3n) is 4.86. The molecule has 1 aliphatic carbocycles. The summed E-state index contributed by atoms with van der Waals surface area (Å²) in [6, 6.07) is 5.77. The second kappa shape index (κ2) is 5.92. The Bertz CT molecular complexity index is 767. The smallest absolute Gasteiger partial charge is 0.253 e. The van der Waals surface area contributed by atoms with Gasteiger partial charge in [-0.15, -0.1) is 0 Å². The number of aryl methyl sites for hydroxylation is 1. The molecule has 6 nitrogen and oxygen atoms in total. The maximum atomic E-state index is 12.8. The zero-order valence-corrected chi connectivity index (χ0v) is 14.0. The number of likely N-dealkylation sites (tertiary alicyclic amines) is 1. The van der Waals surface area contributed by atoms with Crippen molar-refractivity contribution in [2.75, 3.05) is 20.2 Å². The highest BCUT2D eigenvalue weighted by Gasteiger charge is 2.32. The Labute approximate surface area is 140 Å². The van der Waals surface area contributed by atoms with Crippen molar-refractivity contribution in [2.24, 2.45) is 0 Å². The van der Waals surface area contributed by atoms with Crippen LogP contribution in [0.1, 0.15) is 58.7 Å². The molecule has 1 aromatic heterocycles. The van der Waals surface area contributed by atoms with Crippen molar-refractivity contribution < 1.29 is 14.1 Å². The van der Waals surface area contributed by atoms with Gasteiger partial charge in [-0.3, -0.25) is 4.79 Å². The summed E-state index contributed by atoms with van der Waals surface area (Å²) in [5, 5.41) is 3.84. The van der Waals surface area contributed by atoms with Crippen LogP contribution in [0.5, 0.6) is 5.75 Å². The first kappa shape index (κ1) is 15.2. The molecule has 0 N–H and O–H groups in total. The summed E-state index contributed by atoms with van der Waals surface area (Å²) >= 11 is 0. The van der Waals surface area contributed by atoms with E-state index in [1.54, 1.807) is 7.11 Å². The standard InChI is InChI=1S/C18H21N3O3/c1-11-19-17(24-20-11)14-7-8-21(10-14)18(22)13-5-6-16(23-2)15(9-13)12-3-4-12/h5-6,9,12,14H,3-4,7-8,10H2,1-2H3. The predicted molar refractivity (Wildman–Crippen MR) is 87.3 cm³/mol. The molecule has 126 valence electrons. The molecule has 1 atom stereocenters. The average Bonchev–Trinajstić information content (AvgIpc) is 3.17. The first-order valence-electron chi connectivity index (χ1n) is 8.43. The van der Waals surface area contributed by atoms with Crippen LogP contribution in [-0.4, -0.2) is 41.1 Å². The second-order valence-electron chi connectivity index (χ2n) is 6.65. The van der Waals surface area contributed by atoms with Crippen LogP contribution < -0.4 is 4.74 Å². The second-order valence-corrected chi connectivity index (χ2v) is 6.65. The molecule has 4 rings (SSSR count). The summed E-state index contributed by atoms with van der Waals surface area (Å²) in [7, 11) is 1.68. The summed E-state index contributed by atoms with van der Waals surface area (Å²) in [6.45, 7) is 3.16. The molecule has 1 amide bonds. The molecule has 0 bridgehead atoms. The molecule has 24 heavy (non-hydrogen) atoms. The van der Waals surface area contributed by atoms with Gasteiger partial charge >= 0.3 is 0 Å². The number of carbonyl (C=O) groups excluding carboxylic acids is 1. The Kier molecular flexibility index (Phi) is 3.75. The minimum Gasteiger partial charge on any atom is -0.496 e. The Morgan fingerprint density at radius 1 is 1.29 bits per heavy atom. The number of hydrogen-bond donors (Lipinski definition) is 0. The molecule has 2 aromatic rings. The van der Waals surface area contributed by atoms with Gasteiger partial charge in [0, 0.05) is 18.7 Å². The molecule has 1 aliphatic heterocycles. The lowest BCUT2D eigenvalue weighted by Crippen LogP contribution is -2.28. The summed E-state index contributed by atoms with van der Waals surface area (Å²) < 4.78 is 10.7. The fourth-order valence-electron chi connectivity index (χ4n) is 3.39. The number of carbonyl (C=O) groups is 1. The number of amides is 1. The van der Waals surface area contributed by atoms with Gasteiger partial charge in [-0.1, -0.05) is 5.16 Å². The normalized spacial score (nSPS) is 20.4. The van der Waals surface area contributed by atoms with Gasteiger partial charge in [0.25, 0.3) is 5.91 Å². The van der Waals surface area contributed by atoms with Gasteiger partial charge in [0.1, 0.15) is 5.75 Å². The van der Waals surface area contributed by atoms with Crippen LogP contribution in [0.3, 0.4) is 0 Å². The lowest BCUT2D eigenvalue weighted by Gasteiger charge is -2.17. The predicted octanol–water partition coefficient (Wildman–Crippen LogP) is 2.89. The molecule has 0 spiro atoms. The van der Waals surface area contributed by atoms with Crippen molar-refractivity contribution in [1.82, 2.24) is 15.0 Å². The topological polar surface area (TPSA) is 68.5 Å². The zero-order chi connectivity index (χ0) is 16.7. The third-order valence-corrected chi connectivity index (χ3v) is 4.86. The summed E-state index contributed by atoms with van der Waals surface area (Å²) in [6.07, 6.45) is 3.21. The average molecular weight is 327 g/mol. The van der Waals surface area contributed by atoms with Crippen molar-refractivity contribution in [3.8, 4) is 5.75 Å². The number of rotatable bonds is 4. The van der Waals surface area contributed by atoms with Crippen molar-refractivity contribution in [3.05, 3.63) is 41.0 Å². The van der Waals surface area contributed by atoms with E-state index < -0.39 is 0 Å². The van der Waals surface area contributed by atoms with Crippen LogP contribution in [0.2, 0.25) is 0 Å². The van der Waals surface area contributed by atoms with Crippen molar-refractivity contribution in [1.29, 1.82) is 0 Å². The van der Waals surface area contributed by atoms with Crippen molar-refractivity contribution in [2.45, 2.75) is 38.0 Å².